The minimum Gasteiger partial charge on any atom is -0.342 e. The number of anilines is 1. The molecule has 0 N–H and O–H groups in total. The predicted molar refractivity (Wildman–Crippen MR) is 100 cm³/mol. The van der Waals surface area contributed by atoms with Gasteiger partial charge in [-0.15, -0.1) is 10.2 Å². The molecule has 0 spiro atoms. The Hall–Kier alpha value is -2.66. The largest absolute Gasteiger partial charge is 0.342 e. The molecule has 0 unspecified atom stereocenters. The molecule has 0 bridgehead atoms. The molecule has 124 valence electrons. The van der Waals surface area contributed by atoms with Gasteiger partial charge in [-0.1, -0.05) is 23.7 Å². The predicted octanol–water partition coefficient (Wildman–Crippen LogP) is 4.20. The van der Waals surface area contributed by atoms with Gasteiger partial charge in [-0.2, -0.15) is 0 Å². The minimum atomic E-state index is 0.709. The molecule has 5 rings (SSSR count). The summed E-state index contributed by atoms with van der Waals surface area (Å²) in [6.45, 7) is 2.03. The van der Waals surface area contributed by atoms with Gasteiger partial charge >= 0.3 is 0 Å². The van der Waals surface area contributed by atoms with E-state index in [1.54, 1.807) is 0 Å². The van der Waals surface area contributed by atoms with E-state index in [1.807, 2.05) is 48.5 Å². The summed E-state index contributed by atoms with van der Waals surface area (Å²) in [5.41, 5.74) is 2.78. The summed E-state index contributed by atoms with van der Waals surface area (Å²) >= 11 is 6.04. The first-order valence-electron chi connectivity index (χ1n) is 8.46. The van der Waals surface area contributed by atoms with Crippen LogP contribution in [0.3, 0.4) is 0 Å². The Balaban J connectivity index is 1.84. The third-order valence-corrected chi connectivity index (χ3v) is 4.97. The molecule has 1 aliphatic rings. The smallest absolute Gasteiger partial charge is 0.213 e. The Bertz CT molecular complexity index is 1060. The Morgan fingerprint density at radius 3 is 2.44 bits per heavy atom. The van der Waals surface area contributed by atoms with Crippen molar-refractivity contribution in [2.24, 2.45) is 0 Å². The topological polar surface area (TPSA) is 46.3 Å². The summed E-state index contributed by atoms with van der Waals surface area (Å²) in [7, 11) is 0. The van der Waals surface area contributed by atoms with Crippen molar-refractivity contribution in [1.82, 2.24) is 19.6 Å². The molecule has 2 aromatic carbocycles. The second kappa shape index (κ2) is 5.70. The van der Waals surface area contributed by atoms with E-state index in [0.29, 0.717) is 5.02 Å². The highest BCUT2D eigenvalue weighted by Crippen LogP contribution is 2.30. The van der Waals surface area contributed by atoms with Crippen LogP contribution in [0.15, 0.2) is 48.5 Å². The van der Waals surface area contributed by atoms with Crippen LogP contribution in [0.2, 0.25) is 5.02 Å². The van der Waals surface area contributed by atoms with E-state index < -0.39 is 0 Å². The lowest BCUT2D eigenvalue weighted by Gasteiger charge is -2.19. The normalized spacial score (nSPS) is 14.7. The van der Waals surface area contributed by atoms with E-state index in [-0.39, 0.29) is 0 Å². The fourth-order valence-corrected chi connectivity index (χ4v) is 3.61. The van der Waals surface area contributed by atoms with E-state index in [9.17, 15) is 0 Å². The molecule has 25 heavy (non-hydrogen) atoms. The van der Waals surface area contributed by atoms with Gasteiger partial charge in [-0.3, -0.25) is 0 Å². The van der Waals surface area contributed by atoms with Crippen LogP contribution in [0.5, 0.6) is 0 Å². The number of nitrogens with zero attached hydrogens (tertiary/aromatic N) is 5. The van der Waals surface area contributed by atoms with E-state index >= 15 is 0 Å². The van der Waals surface area contributed by atoms with Crippen molar-refractivity contribution in [2.45, 2.75) is 12.8 Å². The molecule has 0 radical (unpaired) electrons. The molecule has 0 saturated carbocycles. The van der Waals surface area contributed by atoms with Crippen molar-refractivity contribution in [2.75, 3.05) is 18.0 Å². The highest BCUT2D eigenvalue weighted by Gasteiger charge is 2.22. The van der Waals surface area contributed by atoms with Gasteiger partial charge in [0.15, 0.2) is 11.5 Å². The van der Waals surface area contributed by atoms with Crippen molar-refractivity contribution in [3.05, 3.63) is 53.6 Å². The molecule has 1 saturated heterocycles. The lowest BCUT2D eigenvalue weighted by molar-refractivity contribution is 0.887. The van der Waals surface area contributed by atoms with Gasteiger partial charge < -0.3 is 4.90 Å². The molecule has 6 heteroatoms. The number of aromatic nitrogens is 4. The van der Waals surface area contributed by atoms with Gasteiger partial charge in [-0.25, -0.2) is 9.38 Å². The number of halogens is 1. The summed E-state index contributed by atoms with van der Waals surface area (Å²) in [5, 5.41) is 10.7. The Morgan fingerprint density at radius 1 is 0.880 bits per heavy atom. The summed E-state index contributed by atoms with van der Waals surface area (Å²) in [4.78, 5) is 7.27. The zero-order valence-electron chi connectivity index (χ0n) is 13.6. The van der Waals surface area contributed by atoms with Gasteiger partial charge in [0, 0.05) is 29.1 Å². The summed E-state index contributed by atoms with van der Waals surface area (Å²) in [6.07, 6.45) is 2.38. The van der Waals surface area contributed by atoms with Gasteiger partial charge in [0.25, 0.3) is 0 Å². The molecular formula is C19H16ClN5. The van der Waals surface area contributed by atoms with Gasteiger partial charge in [-0.05, 0) is 49.2 Å². The fraction of sp³-hybridized carbons (Fsp3) is 0.211. The lowest BCUT2D eigenvalue weighted by Crippen LogP contribution is -2.22. The van der Waals surface area contributed by atoms with Crippen molar-refractivity contribution in [3.8, 4) is 11.4 Å². The highest BCUT2D eigenvalue weighted by molar-refractivity contribution is 6.30. The van der Waals surface area contributed by atoms with Crippen LogP contribution in [0, 0.1) is 0 Å². The standard InChI is InChI=1S/C19H16ClN5/c20-14-9-7-13(8-10-14)17-22-23-18-15-5-1-2-6-16(15)21-19(25(17)18)24-11-3-4-12-24/h1-2,5-10H,3-4,11-12H2. The zero-order valence-corrected chi connectivity index (χ0v) is 14.3. The number of hydrogen-bond donors (Lipinski definition) is 0. The Labute approximate surface area is 149 Å². The Morgan fingerprint density at radius 2 is 1.64 bits per heavy atom. The van der Waals surface area contributed by atoms with Crippen LogP contribution in [-0.4, -0.2) is 32.7 Å². The number of hydrogen-bond acceptors (Lipinski definition) is 4. The van der Waals surface area contributed by atoms with Gasteiger partial charge in [0.05, 0.1) is 5.52 Å². The molecule has 0 amide bonds. The zero-order chi connectivity index (χ0) is 16.8. The van der Waals surface area contributed by atoms with Gasteiger partial charge in [0.1, 0.15) is 0 Å². The maximum Gasteiger partial charge on any atom is 0.213 e. The molecule has 0 atom stereocenters. The monoisotopic (exact) mass is 349 g/mol. The molecule has 1 fully saturated rings. The molecule has 2 aromatic heterocycles. The SMILES string of the molecule is Clc1ccc(-c2nnc3c4ccccc4nc(N4CCCC4)n23)cc1. The van der Waals surface area contributed by atoms with Crippen LogP contribution in [0.4, 0.5) is 5.95 Å². The van der Waals surface area contributed by atoms with Crippen LogP contribution in [0.1, 0.15) is 12.8 Å². The van der Waals surface area contributed by atoms with Crippen molar-refractivity contribution in [1.29, 1.82) is 0 Å². The fourth-order valence-electron chi connectivity index (χ4n) is 3.48. The average molecular weight is 350 g/mol. The van der Waals surface area contributed by atoms with Crippen molar-refractivity contribution < 1.29 is 0 Å². The maximum atomic E-state index is 6.04. The number of para-hydroxylation sites is 1. The second-order valence-corrected chi connectivity index (χ2v) is 6.75. The molecule has 1 aliphatic heterocycles. The lowest BCUT2D eigenvalue weighted by atomic mass is 10.2. The summed E-state index contributed by atoms with van der Waals surface area (Å²) < 4.78 is 2.08. The number of benzene rings is 2. The maximum absolute atomic E-state index is 6.04. The van der Waals surface area contributed by atoms with E-state index in [2.05, 4.69) is 19.5 Å². The van der Waals surface area contributed by atoms with Crippen LogP contribution in [-0.2, 0) is 0 Å². The minimum absolute atomic E-state index is 0.709. The van der Waals surface area contributed by atoms with Crippen LogP contribution in [0.25, 0.3) is 27.9 Å². The van der Waals surface area contributed by atoms with Gasteiger partial charge in [0.2, 0.25) is 5.95 Å². The highest BCUT2D eigenvalue weighted by atomic mass is 35.5. The first kappa shape index (κ1) is 14.7. The third kappa shape index (κ3) is 2.35. The molecule has 0 aliphatic carbocycles. The van der Waals surface area contributed by atoms with Crippen molar-refractivity contribution in [3.63, 3.8) is 0 Å². The Kier molecular flexibility index (Phi) is 3.35. The van der Waals surface area contributed by atoms with Crippen LogP contribution >= 0.6 is 11.6 Å². The van der Waals surface area contributed by atoms with E-state index in [0.717, 1.165) is 47.0 Å². The quantitative estimate of drug-likeness (QED) is 0.544. The molecule has 3 heterocycles. The first-order valence-corrected chi connectivity index (χ1v) is 8.84. The average Bonchev–Trinajstić information content (AvgIpc) is 3.32. The van der Waals surface area contributed by atoms with Crippen molar-refractivity contribution >= 4 is 34.1 Å². The molecule has 5 nitrogen and oxygen atoms in total. The van der Waals surface area contributed by atoms with E-state index in [4.69, 9.17) is 16.6 Å². The van der Waals surface area contributed by atoms with E-state index in [1.165, 1.54) is 12.8 Å². The first-order chi connectivity index (χ1) is 12.3. The molecule has 4 aromatic rings. The summed E-state index contributed by atoms with van der Waals surface area (Å²) in [6, 6.07) is 15.8. The number of fused-ring (bicyclic) bond motifs is 3. The third-order valence-electron chi connectivity index (χ3n) is 4.72. The van der Waals surface area contributed by atoms with Crippen LogP contribution < -0.4 is 4.90 Å². The number of rotatable bonds is 2. The second-order valence-electron chi connectivity index (χ2n) is 6.31. The summed E-state index contributed by atoms with van der Waals surface area (Å²) in [5.74, 6) is 1.72. The molecular weight excluding hydrogens is 334 g/mol.